The van der Waals surface area contributed by atoms with Crippen LogP contribution >= 0.6 is 0 Å². The smallest absolute Gasteiger partial charge is 0.232 e. The maximum absolute atomic E-state index is 14.0. The fraction of sp³-hybridized carbons (Fsp3) is 0.359. The molecule has 0 spiro atoms. The number of carbonyl (C=O) groups is 1. The molecule has 1 fully saturated rings. The molecule has 1 heterocycles. The van der Waals surface area contributed by atoms with E-state index in [0.29, 0.717) is 25.4 Å². The van der Waals surface area contributed by atoms with Crippen LogP contribution in [0.4, 0.5) is 0 Å². The van der Waals surface area contributed by atoms with Crippen molar-refractivity contribution in [3.05, 3.63) is 132 Å². The zero-order valence-electron chi connectivity index (χ0n) is 26.8. The van der Waals surface area contributed by atoms with E-state index in [4.69, 9.17) is 0 Å². The molecule has 1 aliphatic heterocycles. The summed E-state index contributed by atoms with van der Waals surface area (Å²) in [5.74, 6) is 6.22. The normalized spacial score (nSPS) is 15.6. The van der Waals surface area contributed by atoms with Crippen molar-refractivity contribution in [2.75, 3.05) is 26.7 Å². The van der Waals surface area contributed by atoms with Crippen LogP contribution < -0.4 is 0 Å². The van der Waals surface area contributed by atoms with Crippen LogP contribution in [-0.4, -0.2) is 53.3 Å². The van der Waals surface area contributed by atoms with Crippen LogP contribution in [0.3, 0.4) is 0 Å². The summed E-state index contributed by atoms with van der Waals surface area (Å²) in [6, 6.07) is 22.3. The van der Waals surface area contributed by atoms with E-state index in [-0.39, 0.29) is 11.9 Å². The largest absolute Gasteiger partial charge is 0.303 e. The van der Waals surface area contributed by atoms with E-state index >= 15 is 0 Å². The van der Waals surface area contributed by atoms with Gasteiger partial charge in [-0.25, -0.2) is 0 Å². The number of benzene rings is 2. The Morgan fingerprint density at radius 3 is 2.14 bits per heavy atom. The molecule has 1 aliphatic rings. The third-order valence-corrected chi connectivity index (χ3v) is 8.14. The first-order chi connectivity index (χ1) is 20.9. The number of likely N-dealkylation sites (tertiary alicyclic amines) is 1. The Hall–Kier alpha value is -3.91. The lowest BCUT2D eigenvalue weighted by Crippen LogP contribution is -2.45. The molecule has 4 nitrogen and oxygen atoms in total. The predicted octanol–water partition coefficient (Wildman–Crippen LogP) is 8.30. The fourth-order valence-electron chi connectivity index (χ4n) is 5.73. The van der Waals surface area contributed by atoms with Gasteiger partial charge in [0.05, 0.1) is 11.7 Å². The lowest BCUT2D eigenvalue weighted by molar-refractivity contribution is -0.128. The number of piperidine rings is 1. The second-order valence-corrected chi connectivity index (χ2v) is 11.0. The van der Waals surface area contributed by atoms with Crippen molar-refractivity contribution in [2.24, 2.45) is 0 Å². The molecule has 0 bridgehead atoms. The van der Waals surface area contributed by atoms with Crippen LogP contribution in [-0.2, 0) is 4.79 Å². The summed E-state index contributed by atoms with van der Waals surface area (Å²) in [5, 5.41) is 0. The number of allylic oxidation sites excluding steroid dienone is 8. The summed E-state index contributed by atoms with van der Waals surface area (Å²) in [4.78, 5) is 20.8. The minimum absolute atomic E-state index is 0.0699. The molecule has 1 amide bonds. The molecule has 0 atom stereocenters. The van der Waals surface area contributed by atoms with Gasteiger partial charge in [-0.1, -0.05) is 97.5 Å². The van der Waals surface area contributed by atoms with E-state index in [9.17, 15) is 4.79 Å². The van der Waals surface area contributed by atoms with Crippen LogP contribution in [0, 0.1) is 11.8 Å². The van der Waals surface area contributed by atoms with Crippen LogP contribution in [0.1, 0.15) is 70.5 Å². The predicted molar refractivity (Wildman–Crippen MR) is 182 cm³/mol. The molecule has 2 aromatic carbocycles. The second kappa shape index (κ2) is 17.9. The van der Waals surface area contributed by atoms with Crippen molar-refractivity contribution in [1.82, 2.24) is 14.7 Å². The number of hydrogen-bond acceptors (Lipinski definition) is 3. The SMILES string of the molecule is C=C/C(C)=C(\C=C/C)N(C(=O)CCN(C)C1CCN(C(c2ccccc2)c2ccccc2)CC1)/C(=C/C=C\C)CC#CC. The van der Waals surface area contributed by atoms with Gasteiger partial charge >= 0.3 is 0 Å². The quantitative estimate of drug-likeness (QED) is 0.178. The Kier molecular flexibility index (Phi) is 14.0. The second-order valence-electron chi connectivity index (χ2n) is 11.0. The summed E-state index contributed by atoms with van der Waals surface area (Å²) < 4.78 is 0. The van der Waals surface area contributed by atoms with Gasteiger partial charge in [0.25, 0.3) is 0 Å². The van der Waals surface area contributed by atoms with E-state index in [0.717, 1.165) is 42.9 Å². The number of rotatable bonds is 13. The third kappa shape index (κ3) is 9.55. The molecule has 43 heavy (non-hydrogen) atoms. The highest BCUT2D eigenvalue weighted by Gasteiger charge is 2.29. The molecule has 0 N–H and O–H groups in total. The highest BCUT2D eigenvalue weighted by Crippen LogP contribution is 2.32. The van der Waals surface area contributed by atoms with Gasteiger partial charge in [0.2, 0.25) is 5.91 Å². The Morgan fingerprint density at radius 1 is 1.02 bits per heavy atom. The van der Waals surface area contributed by atoms with E-state index in [1.54, 1.807) is 0 Å². The molecule has 2 aromatic rings. The van der Waals surface area contributed by atoms with E-state index < -0.39 is 0 Å². The van der Waals surface area contributed by atoms with Gasteiger partial charge in [0, 0.05) is 44.2 Å². The van der Waals surface area contributed by atoms with Crippen molar-refractivity contribution in [1.29, 1.82) is 0 Å². The van der Waals surface area contributed by atoms with Gasteiger partial charge in [-0.3, -0.25) is 14.6 Å². The van der Waals surface area contributed by atoms with Crippen molar-refractivity contribution >= 4 is 5.91 Å². The molecule has 0 radical (unpaired) electrons. The summed E-state index contributed by atoms with van der Waals surface area (Å²) >= 11 is 0. The highest BCUT2D eigenvalue weighted by atomic mass is 16.2. The van der Waals surface area contributed by atoms with E-state index in [2.05, 4.69) is 95.9 Å². The van der Waals surface area contributed by atoms with Gasteiger partial charge in [-0.15, -0.1) is 5.92 Å². The first-order valence-corrected chi connectivity index (χ1v) is 15.5. The first kappa shape index (κ1) is 33.6. The molecular formula is C39H49N3O. The van der Waals surface area contributed by atoms with E-state index in [1.807, 2.05) is 69.1 Å². The monoisotopic (exact) mass is 575 g/mol. The minimum Gasteiger partial charge on any atom is -0.303 e. The fourth-order valence-corrected chi connectivity index (χ4v) is 5.73. The van der Waals surface area contributed by atoms with Gasteiger partial charge in [0.15, 0.2) is 0 Å². The summed E-state index contributed by atoms with van der Waals surface area (Å²) in [7, 11) is 2.17. The van der Waals surface area contributed by atoms with E-state index in [1.165, 1.54) is 11.1 Å². The zero-order valence-corrected chi connectivity index (χ0v) is 26.8. The lowest BCUT2D eigenvalue weighted by atomic mass is 9.93. The highest BCUT2D eigenvalue weighted by molar-refractivity contribution is 5.81. The Morgan fingerprint density at radius 2 is 1.63 bits per heavy atom. The van der Waals surface area contributed by atoms with Crippen LogP contribution in [0.15, 0.2) is 121 Å². The Labute approximate surface area is 260 Å². The first-order valence-electron chi connectivity index (χ1n) is 15.5. The van der Waals surface area contributed by atoms with Crippen LogP contribution in [0.2, 0.25) is 0 Å². The Bertz CT molecular complexity index is 1310. The summed E-state index contributed by atoms with van der Waals surface area (Å²) in [5.41, 5.74) is 5.34. The third-order valence-electron chi connectivity index (χ3n) is 8.14. The molecule has 4 heteroatoms. The molecule has 1 saturated heterocycles. The maximum atomic E-state index is 14.0. The van der Waals surface area contributed by atoms with Gasteiger partial charge < -0.3 is 4.90 Å². The number of amides is 1. The standard InChI is InChI=1S/C39H49N3O/c1-7-11-24-36(25-12-8-2)42(37(19-9-3)32(5)10-4)38(43)28-29-40(6)35-26-30-41(31-27-35)39(33-20-15-13-16-21-33)34-22-17-14-18-23-34/h7,9-11,13-24,35,39H,4,25-31H2,1-3,5-6H3/b11-7-,19-9-,36-24+,37-32+. The molecule has 0 aromatic heterocycles. The molecule has 0 aliphatic carbocycles. The van der Waals surface area contributed by atoms with Crippen molar-refractivity contribution in [3.8, 4) is 11.8 Å². The average molecular weight is 576 g/mol. The maximum Gasteiger partial charge on any atom is 0.232 e. The van der Waals surface area contributed by atoms with Crippen molar-refractivity contribution in [3.63, 3.8) is 0 Å². The van der Waals surface area contributed by atoms with Gasteiger partial charge in [-0.05, 0) is 76.4 Å². The summed E-state index contributed by atoms with van der Waals surface area (Å²) in [6.45, 7) is 14.5. The number of nitrogens with zero attached hydrogens (tertiary/aromatic N) is 3. The topological polar surface area (TPSA) is 26.8 Å². The van der Waals surface area contributed by atoms with Crippen molar-refractivity contribution < 1.29 is 4.79 Å². The molecule has 0 unspecified atom stereocenters. The van der Waals surface area contributed by atoms with Crippen LogP contribution in [0.5, 0.6) is 0 Å². The molecular weight excluding hydrogens is 526 g/mol. The van der Waals surface area contributed by atoms with Crippen LogP contribution in [0.25, 0.3) is 0 Å². The Balaban J connectivity index is 1.73. The number of hydrogen-bond donors (Lipinski definition) is 0. The molecule has 3 rings (SSSR count). The molecule has 226 valence electrons. The van der Waals surface area contributed by atoms with Gasteiger partial charge in [0.1, 0.15) is 0 Å². The van der Waals surface area contributed by atoms with Crippen molar-refractivity contribution in [2.45, 2.75) is 65.5 Å². The molecule has 0 saturated carbocycles. The summed E-state index contributed by atoms with van der Waals surface area (Å²) in [6.07, 6.45) is 14.8. The van der Waals surface area contributed by atoms with Gasteiger partial charge in [-0.2, -0.15) is 0 Å². The zero-order chi connectivity index (χ0) is 31.0. The minimum atomic E-state index is 0.0699. The lowest BCUT2D eigenvalue weighted by Gasteiger charge is -2.41. The number of carbonyl (C=O) groups excluding carboxylic acids is 1. The average Bonchev–Trinajstić information content (AvgIpc) is 3.05.